The van der Waals surface area contributed by atoms with Crippen LogP contribution < -0.4 is 10.6 Å². The lowest BCUT2D eigenvalue weighted by Gasteiger charge is -2.36. The first-order chi connectivity index (χ1) is 15.8. The molecule has 0 radical (unpaired) electrons. The third kappa shape index (κ3) is 4.78. The third-order valence-corrected chi connectivity index (χ3v) is 7.56. The Labute approximate surface area is 195 Å². The van der Waals surface area contributed by atoms with Gasteiger partial charge in [-0.3, -0.25) is 0 Å². The van der Waals surface area contributed by atoms with E-state index in [1.54, 1.807) is 16.8 Å². The predicted molar refractivity (Wildman–Crippen MR) is 127 cm³/mol. The number of nitrogens with one attached hydrogen (secondary N) is 2. The molecule has 2 saturated carbocycles. The van der Waals surface area contributed by atoms with Gasteiger partial charge in [-0.2, -0.15) is 0 Å². The molecule has 2 fully saturated rings. The van der Waals surface area contributed by atoms with Gasteiger partial charge in [0.25, 0.3) is 0 Å². The molecule has 178 valence electrons. The van der Waals surface area contributed by atoms with E-state index in [-0.39, 0.29) is 30.7 Å². The Morgan fingerprint density at radius 3 is 2.70 bits per heavy atom. The predicted octanol–water partition coefficient (Wildman–Crippen LogP) is 4.27. The Bertz CT molecular complexity index is 987. The van der Waals surface area contributed by atoms with E-state index in [1.165, 1.54) is 6.42 Å². The number of nitrogens with zero attached hydrogens (tertiary/aromatic N) is 1. The van der Waals surface area contributed by atoms with Gasteiger partial charge in [-0.1, -0.05) is 51.1 Å². The molecule has 7 heteroatoms. The van der Waals surface area contributed by atoms with E-state index < -0.39 is 5.97 Å². The van der Waals surface area contributed by atoms with Crippen molar-refractivity contribution in [2.75, 3.05) is 18.5 Å². The van der Waals surface area contributed by atoms with Crippen molar-refractivity contribution < 1.29 is 19.4 Å². The Kier molecular flexibility index (Phi) is 6.79. The van der Waals surface area contributed by atoms with Gasteiger partial charge in [-0.25, -0.2) is 9.59 Å². The smallest absolute Gasteiger partial charge is 0.355 e. The largest absolute Gasteiger partial charge is 0.459 e. The first-order valence-electron chi connectivity index (χ1n) is 11.9. The number of amides is 2. The molecule has 2 aliphatic carbocycles. The van der Waals surface area contributed by atoms with E-state index in [2.05, 4.69) is 31.4 Å². The van der Waals surface area contributed by atoms with Crippen molar-refractivity contribution in [3.05, 3.63) is 53.9 Å². The fraction of sp³-hybridized carbons (Fsp3) is 0.538. The fourth-order valence-corrected chi connectivity index (χ4v) is 6.35. The van der Waals surface area contributed by atoms with Gasteiger partial charge in [-0.15, -0.1) is 0 Å². The number of hydrogen-bond acceptors (Lipinski definition) is 4. The molecule has 3 N–H and O–H groups in total. The van der Waals surface area contributed by atoms with Crippen LogP contribution in [-0.4, -0.2) is 40.9 Å². The van der Waals surface area contributed by atoms with Crippen molar-refractivity contribution in [3.63, 3.8) is 0 Å². The highest BCUT2D eigenvalue weighted by atomic mass is 16.5. The summed E-state index contributed by atoms with van der Waals surface area (Å²) in [7, 11) is 0. The number of fused-ring (bicyclic) bond motifs is 2. The van der Waals surface area contributed by atoms with Gasteiger partial charge in [0, 0.05) is 18.8 Å². The fourth-order valence-electron chi connectivity index (χ4n) is 6.35. The first kappa shape index (κ1) is 23.4. The molecule has 2 aliphatic rings. The van der Waals surface area contributed by atoms with E-state index >= 15 is 0 Å². The lowest BCUT2D eigenvalue weighted by molar-refractivity contribution is 0.0422. The van der Waals surface area contributed by atoms with Crippen LogP contribution in [0.15, 0.2) is 42.6 Å². The SMILES string of the molecule is CC(C)C1[C@@H]2CC[C@@]1(C)[C@@H](NC(=O)Nc1cc(C(=O)OCCO)n(Cc3ccccc3)c1)C2. The highest BCUT2D eigenvalue weighted by molar-refractivity contribution is 5.93. The number of aliphatic hydroxyl groups is 1. The van der Waals surface area contributed by atoms with Crippen molar-refractivity contribution in [2.45, 2.75) is 52.6 Å². The summed E-state index contributed by atoms with van der Waals surface area (Å²) in [5.74, 6) is 1.40. The zero-order valence-electron chi connectivity index (χ0n) is 19.7. The van der Waals surface area contributed by atoms with Crippen LogP contribution in [0.5, 0.6) is 0 Å². The molecule has 2 amide bonds. The van der Waals surface area contributed by atoms with E-state index in [4.69, 9.17) is 9.84 Å². The summed E-state index contributed by atoms with van der Waals surface area (Å²) >= 11 is 0. The van der Waals surface area contributed by atoms with Crippen LogP contribution in [0.1, 0.15) is 56.1 Å². The minimum Gasteiger partial charge on any atom is -0.459 e. The quantitative estimate of drug-likeness (QED) is 0.521. The minimum atomic E-state index is -0.533. The zero-order chi connectivity index (χ0) is 23.6. The molecule has 2 aromatic rings. The molecule has 1 aromatic carbocycles. The molecule has 1 heterocycles. The zero-order valence-corrected chi connectivity index (χ0v) is 19.7. The second-order valence-corrected chi connectivity index (χ2v) is 10.0. The summed E-state index contributed by atoms with van der Waals surface area (Å²) in [6, 6.07) is 11.3. The lowest BCUT2D eigenvalue weighted by Crippen LogP contribution is -2.47. The number of benzene rings is 1. The average Bonchev–Trinajstić information content (AvgIpc) is 3.41. The van der Waals surface area contributed by atoms with Crippen LogP contribution in [0.3, 0.4) is 0 Å². The summed E-state index contributed by atoms with van der Waals surface area (Å²) in [5.41, 5.74) is 2.02. The maximum Gasteiger partial charge on any atom is 0.355 e. The molecule has 0 saturated heterocycles. The molecule has 1 aromatic heterocycles. The number of rotatable bonds is 8. The van der Waals surface area contributed by atoms with E-state index in [9.17, 15) is 9.59 Å². The molecule has 4 rings (SSSR count). The maximum absolute atomic E-state index is 12.9. The number of aliphatic hydroxyl groups excluding tert-OH is 1. The second-order valence-electron chi connectivity index (χ2n) is 10.0. The monoisotopic (exact) mass is 453 g/mol. The standard InChI is InChI=1S/C26H35N3O4/c1-17(2)23-19-9-10-26(23,3)22(13-19)28-25(32)27-20-14-21(24(31)33-12-11-30)29(16-20)15-18-7-5-4-6-8-18/h4-8,14,16-17,19,22-23,30H,9-13,15H2,1-3H3,(H2,27,28,32)/t19-,22+,23?,26+/m1/s1. The lowest BCUT2D eigenvalue weighted by atomic mass is 9.73. The highest BCUT2D eigenvalue weighted by Crippen LogP contribution is 2.60. The number of esters is 1. The first-order valence-corrected chi connectivity index (χ1v) is 11.9. The van der Waals surface area contributed by atoms with E-state index in [1.807, 2.05) is 30.3 Å². The van der Waals surface area contributed by atoms with Crippen molar-refractivity contribution in [1.82, 2.24) is 9.88 Å². The molecule has 1 unspecified atom stereocenters. The average molecular weight is 454 g/mol. The van der Waals surface area contributed by atoms with Gasteiger partial charge < -0.3 is 25.0 Å². The molecular weight excluding hydrogens is 418 g/mol. The van der Waals surface area contributed by atoms with Crippen molar-refractivity contribution >= 4 is 17.7 Å². The number of aromatic nitrogens is 1. The van der Waals surface area contributed by atoms with Crippen molar-refractivity contribution in [1.29, 1.82) is 0 Å². The highest BCUT2D eigenvalue weighted by Gasteiger charge is 2.57. The topological polar surface area (TPSA) is 92.6 Å². The van der Waals surface area contributed by atoms with Crippen LogP contribution in [0, 0.1) is 23.2 Å². The number of carbonyl (C=O) groups is 2. The van der Waals surface area contributed by atoms with Gasteiger partial charge in [0.05, 0.1) is 12.3 Å². The number of ether oxygens (including phenoxy) is 1. The van der Waals surface area contributed by atoms with Crippen LogP contribution >= 0.6 is 0 Å². The Balaban J connectivity index is 1.47. The molecule has 2 bridgehead atoms. The molecule has 7 nitrogen and oxygen atoms in total. The number of carbonyl (C=O) groups excluding carboxylic acids is 2. The van der Waals surface area contributed by atoms with Gasteiger partial charge in [0.2, 0.25) is 0 Å². The summed E-state index contributed by atoms with van der Waals surface area (Å²) in [5, 5.41) is 15.1. The van der Waals surface area contributed by atoms with Gasteiger partial charge >= 0.3 is 12.0 Å². The number of hydrogen-bond donors (Lipinski definition) is 3. The van der Waals surface area contributed by atoms with Gasteiger partial charge in [-0.05, 0) is 54.1 Å². The Morgan fingerprint density at radius 2 is 2.03 bits per heavy atom. The Morgan fingerprint density at radius 1 is 1.27 bits per heavy atom. The second kappa shape index (κ2) is 9.59. The Hall–Kier alpha value is -2.80. The molecule has 0 aliphatic heterocycles. The third-order valence-electron chi connectivity index (χ3n) is 7.56. The summed E-state index contributed by atoms with van der Waals surface area (Å²) < 4.78 is 6.89. The maximum atomic E-state index is 12.9. The number of anilines is 1. The van der Waals surface area contributed by atoms with Crippen LogP contribution in [0.4, 0.5) is 10.5 Å². The normalized spacial score (nSPS) is 25.9. The van der Waals surface area contributed by atoms with Gasteiger partial charge in [0.15, 0.2) is 0 Å². The van der Waals surface area contributed by atoms with E-state index in [0.717, 1.165) is 18.4 Å². The summed E-state index contributed by atoms with van der Waals surface area (Å²) in [6.45, 7) is 7.05. The van der Waals surface area contributed by atoms with E-state index in [0.29, 0.717) is 35.7 Å². The van der Waals surface area contributed by atoms with Crippen LogP contribution in [-0.2, 0) is 11.3 Å². The molecule has 33 heavy (non-hydrogen) atoms. The minimum absolute atomic E-state index is 0.0724. The van der Waals surface area contributed by atoms with Crippen LogP contribution in [0.2, 0.25) is 0 Å². The van der Waals surface area contributed by atoms with Crippen molar-refractivity contribution in [2.24, 2.45) is 23.2 Å². The molecule has 4 atom stereocenters. The summed E-state index contributed by atoms with van der Waals surface area (Å²) in [6.07, 6.45) is 5.18. The van der Waals surface area contributed by atoms with Crippen LogP contribution in [0.25, 0.3) is 0 Å². The summed E-state index contributed by atoms with van der Waals surface area (Å²) in [4.78, 5) is 25.4. The van der Waals surface area contributed by atoms with Crippen molar-refractivity contribution in [3.8, 4) is 0 Å². The van der Waals surface area contributed by atoms with Gasteiger partial charge in [0.1, 0.15) is 12.3 Å². The molecule has 0 spiro atoms. The molecular formula is C26H35N3O4. The number of urea groups is 1.